The summed E-state index contributed by atoms with van der Waals surface area (Å²) in [5.74, 6) is 1.03. The third kappa shape index (κ3) is 3.42. The van der Waals surface area contributed by atoms with Crippen molar-refractivity contribution in [2.24, 2.45) is 5.41 Å². The number of nitrogens with zero attached hydrogens (tertiary/aromatic N) is 3. The van der Waals surface area contributed by atoms with Crippen LogP contribution in [0.1, 0.15) is 39.3 Å². The van der Waals surface area contributed by atoms with Crippen molar-refractivity contribution >= 4 is 5.82 Å². The summed E-state index contributed by atoms with van der Waals surface area (Å²) in [7, 11) is 0. The van der Waals surface area contributed by atoms with Gasteiger partial charge in [-0.3, -0.25) is 4.98 Å². The Bertz CT molecular complexity index is 379. The quantitative estimate of drug-likeness (QED) is 0.887. The Labute approximate surface area is 110 Å². The second kappa shape index (κ2) is 5.65. The van der Waals surface area contributed by atoms with Gasteiger partial charge in [-0.1, -0.05) is 20.8 Å². The molecule has 0 saturated carbocycles. The van der Waals surface area contributed by atoms with E-state index in [1.54, 1.807) is 0 Å². The highest BCUT2D eigenvalue weighted by Crippen LogP contribution is 2.31. The molecule has 4 heteroatoms. The molecule has 0 aromatic carbocycles. The van der Waals surface area contributed by atoms with Gasteiger partial charge in [0.1, 0.15) is 5.82 Å². The highest BCUT2D eigenvalue weighted by Gasteiger charge is 2.26. The normalized spacial score (nSPS) is 18.9. The van der Waals surface area contributed by atoms with Gasteiger partial charge >= 0.3 is 0 Å². The van der Waals surface area contributed by atoms with Crippen molar-refractivity contribution in [3.05, 3.63) is 18.1 Å². The van der Waals surface area contributed by atoms with Crippen LogP contribution >= 0.6 is 0 Å². The van der Waals surface area contributed by atoms with Gasteiger partial charge in [0, 0.05) is 25.8 Å². The molecule has 1 fully saturated rings. The number of piperidine rings is 1. The number of hydrogen-bond donors (Lipinski definition) is 1. The smallest absolute Gasteiger partial charge is 0.147 e. The fourth-order valence-corrected chi connectivity index (χ4v) is 2.23. The van der Waals surface area contributed by atoms with Gasteiger partial charge in [-0.25, -0.2) is 4.98 Å². The van der Waals surface area contributed by atoms with E-state index in [-0.39, 0.29) is 0 Å². The van der Waals surface area contributed by atoms with Crippen LogP contribution in [0.25, 0.3) is 0 Å². The molecule has 2 heterocycles. The summed E-state index contributed by atoms with van der Waals surface area (Å²) < 4.78 is 0. The number of rotatable bonds is 4. The van der Waals surface area contributed by atoms with Gasteiger partial charge in [0.05, 0.1) is 11.9 Å². The van der Waals surface area contributed by atoms with Crippen molar-refractivity contribution in [1.82, 2.24) is 15.3 Å². The van der Waals surface area contributed by atoms with E-state index in [0.29, 0.717) is 5.41 Å². The van der Waals surface area contributed by atoms with Crippen molar-refractivity contribution < 1.29 is 0 Å². The Morgan fingerprint density at radius 2 is 2.00 bits per heavy atom. The number of aromatic nitrogens is 2. The second-order valence-corrected chi connectivity index (χ2v) is 5.80. The Morgan fingerprint density at radius 1 is 1.28 bits per heavy atom. The molecule has 1 aromatic rings. The molecule has 18 heavy (non-hydrogen) atoms. The van der Waals surface area contributed by atoms with Crippen molar-refractivity contribution in [1.29, 1.82) is 0 Å². The molecule has 1 N–H and O–H groups in total. The minimum Gasteiger partial charge on any atom is -0.355 e. The molecule has 0 bridgehead atoms. The molecule has 0 unspecified atom stereocenters. The summed E-state index contributed by atoms with van der Waals surface area (Å²) in [6.07, 6.45) is 6.19. The number of anilines is 1. The van der Waals surface area contributed by atoms with Gasteiger partial charge in [0.15, 0.2) is 0 Å². The van der Waals surface area contributed by atoms with E-state index in [4.69, 9.17) is 0 Å². The van der Waals surface area contributed by atoms with Crippen molar-refractivity contribution in [2.45, 2.75) is 40.2 Å². The van der Waals surface area contributed by atoms with Crippen LogP contribution in [0.3, 0.4) is 0 Å². The maximum Gasteiger partial charge on any atom is 0.147 e. The predicted molar refractivity (Wildman–Crippen MR) is 74.6 cm³/mol. The van der Waals surface area contributed by atoms with Gasteiger partial charge in [0.25, 0.3) is 0 Å². The molecule has 0 radical (unpaired) electrons. The van der Waals surface area contributed by atoms with E-state index in [1.807, 2.05) is 12.4 Å². The molecule has 4 nitrogen and oxygen atoms in total. The Morgan fingerprint density at radius 3 is 2.67 bits per heavy atom. The van der Waals surface area contributed by atoms with Gasteiger partial charge < -0.3 is 10.2 Å². The van der Waals surface area contributed by atoms with Crippen molar-refractivity contribution in [2.75, 3.05) is 24.5 Å². The maximum atomic E-state index is 4.68. The SMILES string of the molecule is CCNCc1cncc(N2CCC(C)(C)CC2)n1. The van der Waals surface area contributed by atoms with E-state index in [1.165, 1.54) is 12.8 Å². The van der Waals surface area contributed by atoms with Crippen LogP contribution in [-0.4, -0.2) is 29.6 Å². The lowest BCUT2D eigenvalue weighted by molar-refractivity contribution is 0.279. The van der Waals surface area contributed by atoms with Gasteiger partial charge in [-0.05, 0) is 24.8 Å². The molecular formula is C14H24N4. The van der Waals surface area contributed by atoms with Crippen molar-refractivity contribution in [3.63, 3.8) is 0 Å². The third-order valence-electron chi connectivity index (χ3n) is 3.67. The highest BCUT2D eigenvalue weighted by atomic mass is 15.2. The second-order valence-electron chi connectivity index (χ2n) is 5.80. The molecule has 0 spiro atoms. The van der Waals surface area contributed by atoms with Crippen LogP contribution in [0.5, 0.6) is 0 Å². The number of nitrogens with one attached hydrogen (secondary N) is 1. The van der Waals surface area contributed by atoms with E-state index in [0.717, 1.165) is 37.7 Å². The zero-order chi connectivity index (χ0) is 13.0. The first-order valence-corrected chi connectivity index (χ1v) is 6.87. The molecule has 0 atom stereocenters. The fourth-order valence-electron chi connectivity index (χ4n) is 2.23. The zero-order valence-corrected chi connectivity index (χ0v) is 11.7. The van der Waals surface area contributed by atoms with Crippen LogP contribution in [0.2, 0.25) is 0 Å². The number of hydrogen-bond acceptors (Lipinski definition) is 4. The minimum absolute atomic E-state index is 0.477. The van der Waals surface area contributed by atoms with E-state index in [9.17, 15) is 0 Å². The predicted octanol–water partition coefficient (Wildman–Crippen LogP) is 2.21. The first kappa shape index (κ1) is 13.3. The van der Waals surface area contributed by atoms with Crippen LogP contribution < -0.4 is 10.2 Å². The molecule has 100 valence electrons. The van der Waals surface area contributed by atoms with Crippen LogP contribution in [-0.2, 0) is 6.54 Å². The molecule has 0 aliphatic carbocycles. The van der Waals surface area contributed by atoms with Gasteiger partial charge in [0.2, 0.25) is 0 Å². The van der Waals surface area contributed by atoms with E-state index < -0.39 is 0 Å². The van der Waals surface area contributed by atoms with Crippen LogP contribution in [0.4, 0.5) is 5.82 Å². The molecule has 1 saturated heterocycles. The average Bonchev–Trinajstić information content (AvgIpc) is 2.37. The topological polar surface area (TPSA) is 41.1 Å². The standard InChI is InChI=1S/C14H24N4/c1-4-15-9-12-10-16-11-13(17-12)18-7-5-14(2,3)6-8-18/h10-11,15H,4-9H2,1-3H3. The summed E-state index contributed by atoms with van der Waals surface area (Å²) in [6, 6.07) is 0. The summed E-state index contributed by atoms with van der Waals surface area (Å²) in [5.41, 5.74) is 1.50. The fraction of sp³-hybridized carbons (Fsp3) is 0.714. The maximum absolute atomic E-state index is 4.68. The molecule has 1 aliphatic heterocycles. The average molecular weight is 248 g/mol. The first-order valence-electron chi connectivity index (χ1n) is 6.87. The zero-order valence-electron chi connectivity index (χ0n) is 11.7. The Kier molecular flexibility index (Phi) is 4.17. The Balaban J connectivity index is 2.00. The lowest BCUT2D eigenvalue weighted by atomic mass is 9.83. The summed E-state index contributed by atoms with van der Waals surface area (Å²) in [5, 5.41) is 3.29. The molecule has 1 aliphatic rings. The van der Waals surface area contributed by atoms with E-state index >= 15 is 0 Å². The van der Waals surface area contributed by atoms with Gasteiger partial charge in [-0.15, -0.1) is 0 Å². The molecule has 2 rings (SSSR count). The minimum atomic E-state index is 0.477. The summed E-state index contributed by atoms with van der Waals surface area (Å²) in [4.78, 5) is 11.3. The summed E-state index contributed by atoms with van der Waals surface area (Å²) >= 11 is 0. The van der Waals surface area contributed by atoms with Crippen LogP contribution in [0.15, 0.2) is 12.4 Å². The molecular weight excluding hydrogens is 224 g/mol. The molecule has 0 amide bonds. The Hall–Kier alpha value is -1.16. The third-order valence-corrected chi connectivity index (χ3v) is 3.67. The van der Waals surface area contributed by atoms with Crippen LogP contribution in [0, 0.1) is 5.41 Å². The summed E-state index contributed by atoms with van der Waals surface area (Å²) in [6.45, 7) is 10.7. The molecule has 1 aromatic heterocycles. The van der Waals surface area contributed by atoms with E-state index in [2.05, 4.69) is 41.0 Å². The lowest BCUT2D eigenvalue weighted by Crippen LogP contribution is -2.38. The lowest BCUT2D eigenvalue weighted by Gasteiger charge is -2.37. The first-order chi connectivity index (χ1) is 8.61. The van der Waals surface area contributed by atoms with Crippen molar-refractivity contribution in [3.8, 4) is 0 Å². The van der Waals surface area contributed by atoms with Gasteiger partial charge in [-0.2, -0.15) is 0 Å². The monoisotopic (exact) mass is 248 g/mol. The highest BCUT2D eigenvalue weighted by molar-refractivity contribution is 5.37. The largest absolute Gasteiger partial charge is 0.355 e.